The summed E-state index contributed by atoms with van der Waals surface area (Å²) in [5.74, 6) is 6.46. The molecule has 2 aromatic heterocycles. The molecule has 8 heteroatoms. The number of amides is 1. The van der Waals surface area contributed by atoms with Crippen LogP contribution in [-0.2, 0) is 4.79 Å². The summed E-state index contributed by atoms with van der Waals surface area (Å²) < 4.78 is 1.33. The average molecular weight is 290 g/mol. The molecule has 0 bridgehead atoms. The number of nitrogens with zero attached hydrogens (tertiary/aromatic N) is 4. The van der Waals surface area contributed by atoms with Crippen LogP contribution in [0.25, 0.3) is 11.5 Å². The molecule has 2 heterocycles. The highest BCUT2D eigenvalue weighted by Gasteiger charge is 2.13. The van der Waals surface area contributed by atoms with Gasteiger partial charge < -0.3 is 11.2 Å². The summed E-state index contributed by atoms with van der Waals surface area (Å²) in [5.41, 5.74) is 0.630. The van der Waals surface area contributed by atoms with Gasteiger partial charge in [-0.25, -0.2) is 4.68 Å². The van der Waals surface area contributed by atoms with E-state index in [1.54, 1.807) is 24.4 Å². The Bertz CT molecular complexity index is 597. The molecule has 3 N–H and O–H groups in total. The highest BCUT2D eigenvalue weighted by Crippen LogP contribution is 2.19. The normalized spacial score (nSPS) is 10.2. The Morgan fingerprint density at radius 1 is 1.50 bits per heavy atom. The first-order valence-electron chi connectivity index (χ1n) is 5.84. The van der Waals surface area contributed by atoms with E-state index in [0.29, 0.717) is 23.2 Å². The van der Waals surface area contributed by atoms with Crippen LogP contribution in [0.4, 0.5) is 0 Å². The van der Waals surface area contributed by atoms with E-state index in [1.165, 1.54) is 16.4 Å². The minimum Gasteiger partial charge on any atom is -0.352 e. The van der Waals surface area contributed by atoms with Crippen molar-refractivity contribution in [3.63, 3.8) is 0 Å². The number of nitrogens with two attached hydrogens (primary N) is 1. The van der Waals surface area contributed by atoms with Crippen molar-refractivity contribution in [2.45, 2.75) is 5.16 Å². The summed E-state index contributed by atoms with van der Waals surface area (Å²) in [6, 6.07) is 5.44. The van der Waals surface area contributed by atoms with Crippen LogP contribution in [0.3, 0.4) is 0 Å². The van der Waals surface area contributed by atoms with Crippen molar-refractivity contribution in [2.24, 2.45) is 0 Å². The largest absolute Gasteiger partial charge is 0.352 e. The molecule has 7 nitrogen and oxygen atoms in total. The third kappa shape index (κ3) is 3.35. The van der Waals surface area contributed by atoms with E-state index in [-0.39, 0.29) is 11.7 Å². The number of hydrogen-bond acceptors (Lipinski definition) is 6. The monoisotopic (exact) mass is 290 g/mol. The average Bonchev–Trinajstić information content (AvgIpc) is 2.85. The van der Waals surface area contributed by atoms with E-state index in [4.69, 9.17) is 5.84 Å². The molecule has 20 heavy (non-hydrogen) atoms. The summed E-state index contributed by atoms with van der Waals surface area (Å²) in [6.45, 7) is 3.97. The van der Waals surface area contributed by atoms with E-state index in [0.717, 1.165) is 0 Å². The molecule has 2 rings (SSSR count). The molecule has 0 aliphatic heterocycles. The van der Waals surface area contributed by atoms with Gasteiger partial charge in [0.1, 0.15) is 5.69 Å². The van der Waals surface area contributed by atoms with Crippen LogP contribution < -0.4 is 11.2 Å². The second-order valence-corrected chi connectivity index (χ2v) is 4.72. The van der Waals surface area contributed by atoms with Gasteiger partial charge in [-0.15, -0.1) is 16.8 Å². The van der Waals surface area contributed by atoms with Gasteiger partial charge in [0.05, 0.1) is 5.75 Å². The van der Waals surface area contributed by atoms with Gasteiger partial charge in [-0.05, 0) is 12.1 Å². The fourth-order valence-electron chi connectivity index (χ4n) is 1.41. The lowest BCUT2D eigenvalue weighted by Gasteiger charge is -2.03. The van der Waals surface area contributed by atoms with Crippen molar-refractivity contribution < 1.29 is 4.79 Å². The Labute approximate surface area is 120 Å². The molecule has 0 unspecified atom stereocenters. The van der Waals surface area contributed by atoms with E-state index in [9.17, 15) is 4.79 Å². The third-order valence-electron chi connectivity index (χ3n) is 2.33. The smallest absolute Gasteiger partial charge is 0.230 e. The number of pyridine rings is 1. The van der Waals surface area contributed by atoms with Crippen LogP contribution in [-0.4, -0.2) is 38.1 Å². The maximum absolute atomic E-state index is 11.5. The van der Waals surface area contributed by atoms with E-state index >= 15 is 0 Å². The summed E-state index contributed by atoms with van der Waals surface area (Å²) in [6.07, 6.45) is 3.27. The maximum atomic E-state index is 11.5. The fourth-order valence-corrected chi connectivity index (χ4v) is 2.10. The zero-order chi connectivity index (χ0) is 14.4. The zero-order valence-corrected chi connectivity index (χ0v) is 11.5. The zero-order valence-electron chi connectivity index (χ0n) is 10.7. The predicted octanol–water partition coefficient (Wildman–Crippen LogP) is 0.448. The molecule has 1 amide bonds. The highest BCUT2D eigenvalue weighted by atomic mass is 32.2. The quantitative estimate of drug-likeness (QED) is 0.455. The van der Waals surface area contributed by atoms with Gasteiger partial charge in [-0.2, -0.15) is 0 Å². The van der Waals surface area contributed by atoms with Crippen molar-refractivity contribution >= 4 is 17.7 Å². The second kappa shape index (κ2) is 6.71. The van der Waals surface area contributed by atoms with Gasteiger partial charge >= 0.3 is 0 Å². The number of carbonyl (C=O) groups excluding carboxylic acids is 1. The molecular formula is C12H14N6OS. The first-order valence-corrected chi connectivity index (χ1v) is 6.83. The summed E-state index contributed by atoms with van der Waals surface area (Å²) in [7, 11) is 0. The molecule has 0 saturated carbocycles. The molecule has 0 aliphatic rings. The topological polar surface area (TPSA) is 98.7 Å². The number of aromatic nitrogens is 4. The number of nitrogens with one attached hydrogen (secondary N) is 1. The molecule has 0 fully saturated rings. The van der Waals surface area contributed by atoms with Crippen molar-refractivity contribution in [1.29, 1.82) is 0 Å². The lowest BCUT2D eigenvalue weighted by molar-refractivity contribution is -0.118. The second-order valence-electron chi connectivity index (χ2n) is 3.77. The number of nitrogen functional groups attached to an aromatic ring is 1. The number of hydrogen-bond donors (Lipinski definition) is 2. The number of rotatable bonds is 6. The van der Waals surface area contributed by atoms with Gasteiger partial charge in [0, 0.05) is 12.7 Å². The molecule has 0 aliphatic carbocycles. The van der Waals surface area contributed by atoms with Gasteiger partial charge in [0.2, 0.25) is 16.9 Å². The fraction of sp³-hybridized carbons (Fsp3) is 0.167. The molecule has 0 spiro atoms. The van der Waals surface area contributed by atoms with Crippen LogP contribution in [0.5, 0.6) is 0 Å². The molecule has 0 saturated heterocycles. The standard InChI is InChI=1S/C12H14N6OS/c1-2-6-15-10(19)8-20-12-17-16-11(18(12)13)9-5-3-4-7-14-9/h2-5,7H,1,6,8,13H2,(H,15,19). The molecule has 2 aromatic rings. The van der Waals surface area contributed by atoms with E-state index < -0.39 is 0 Å². The SMILES string of the molecule is C=CCNC(=O)CSc1nnc(-c2ccccn2)n1N. The Balaban J connectivity index is 2.03. The Kier molecular flexibility index (Phi) is 4.72. The van der Waals surface area contributed by atoms with Gasteiger partial charge in [0.25, 0.3) is 0 Å². The Morgan fingerprint density at radius 3 is 3.05 bits per heavy atom. The van der Waals surface area contributed by atoms with Crippen molar-refractivity contribution in [1.82, 2.24) is 25.2 Å². The number of carbonyl (C=O) groups is 1. The molecular weight excluding hydrogens is 276 g/mol. The van der Waals surface area contributed by atoms with Crippen molar-refractivity contribution in [2.75, 3.05) is 18.1 Å². The lowest BCUT2D eigenvalue weighted by atomic mass is 10.3. The van der Waals surface area contributed by atoms with Crippen LogP contribution in [0.1, 0.15) is 0 Å². The minimum atomic E-state index is -0.114. The van der Waals surface area contributed by atoms with Crippen molar-refractivity contribution in [3.05, 3.63) is 37.1 Å². The first-order chi connectivity index (χ1) is 9.72. The highest BCUT2D eigenvalue weighted by molar-refractivity contribution is 7.99. The third-order valence-corrected chi connectivity index (χ3v) is 3.28. The molecule has 0 atom stereocenters. The van der Waals surface area contributed by atoms with Crippen LogP contribution >= 0.6 is 11.8 Å². The summed E-state index contributed by atoms with van der Waals surface area (Å²) >= 11 is 1.21. The Morgan fingerprint density at radius 2 is 2.35 bits per heavy atom. The van der Waals surface area contributed by atoms with Gasteiger partial charge in [0.15, 0.2) is 0 Å². The molecule has 0 aromatic carbocycles. The van der Waals surface area contributed by atoms with Crippen LogP contribution in [0, 0.1) is 0 Å². The predicted molar refractivity (Wildman–Crippen MR) is 77.3 cm³/mol. The van der Waals surface area contributed by atoms with Crippen LogP contribution in [0.2, 0.25) is 0 Å². The number of thioether (sulfide) groups is 1. The maximum Gasteiger partial charge on any atom is 0.230 e. The van der Waals surface area contributed by atoms with Crippen LogP contribution in [0.15, 0.2) is 42.2 Å². The van der Waals surface area contributed by atoms with Gasteiger partial charge in [-0.3, -0.25) is 9.78 Å². The lowest BCUT2D eigenvalue weighted by Crippen LogP contribution is -2.25. The Hall–Kier alpha value is -2.35. The van der Waals surface area contributed by atoms with Crippen molar-refractivity contribution in [3.8, 4) is 11.5 Å². The first kappa shape index (κ1) is 14.1. The van der Waals surface area contributed by atoms with E-state index in [1.807, 2.05) is 6.07 Å². The summed E-state index contributed by atoms with van der Waals surface area (Å²) in [5, 5.41) is 11.1. The minimum absolute atomic E-state index is 0.114. The molecule has 104 valence electrons. The van der Waals surface area contributed by atoms with Gasteiger partial charge in [-0.1, -0.05) is 23.9 Å². The summed E-state index contributed by atoms with van der Waals surface area (Å²) in [4.78, 5) is 15.6. The molecule has 0 radical (unpaired) electrons. The van der Waals surface area contributed by atoms with E-state index in [2.05, 4.69) is 27.1 Å².